The maximum Gasteiger partial charge on any atom is 0.223 e. The van der Waals surface area contributed by atoms with E-state index in [0.29, 0.717) is 12.0 Å². The highest BCUT2D eigenvalue weighted by atomic mass is 16.3. The first-order chi connectivity index (χ1) is 9.67. The molecule has 1 aliphatic heterocycles. The minimum absolute atomic E-state index is 0.0586. The predicted octanol–water partition coefficient (Wildman–Crippen LogP) is 2.35. The second-order valence-electron chi connectivity index (χ2n) is 7.82. The van der Waals surface area contributed by atoms with Crippen LogP contribution in [0.5, 0.6) is 0 Å². The molecule has 4 fully saturated rings. The maximum absolute atomic E-state index is 12.7. The highest BCUT2D eigenvalue weighted by Gasteiger charge is 2.51. The molecule has 0 aromatic heterocycles. The highest BCUT2D eigenvalue weighted by Crippen LogP contribution is 2.61. The first-order valence-electron chi connectivity index (χ1n) is 8.24. The Morgan fingerprint density at radius 1 is 1.15 bits per heavy atom. The molecule has 1 atom stereocenters. The fourth-order valence-corrected chi connectivity index (χ4v) is 5.95. The van der Waals surface area contributed by atoms with Crippen LogP contribution in [0.4, 0.5) is 0 Å². The zero-order valence-corrected chi connectivity index (χ0v) is 12.1. The molecule has 5 aliphatic rings. The van der Waals surface area contributed by atoms with Gasteiger partial charge in [0.25, 0.3) is 0 Å². The third kappa shape index (κ3) is 2.02. The Balaban J connectivity index is 1.47. The molecule has 5 rings (SSSR count). The van der Waals surface area contributed by atoms with Crippen molar-refractivity contribution in [1.82, 2.24) is 4.90 Å². The number of hydrogen-bond acceptors (Lipinski definition) is 2. The molecule has 1 amide bonds. The van der Waals surface area contributed by atoms with Gasteiger partial charge in [-0.3, -0.25) is 4.79 Å². The Morgan fingerprint density at radius 2 is 1.75 bits per heavy atom. The summed E-state index contributed by atoms with van der Waals surface area (Å²) < 4.78 is 0. The van der Waals surface area contributed by atoms with E-state index in [2.05, 4.69) is 0 Å². The second kappa shape index (κ2) is 4.59. The van der Waals surface area contributed by atoms with E-state index in [-0.39, 0.29) is 18.6 Å². The van der Waals surface area contributed by atoms with Crippen molar-refractivity contribution in [3.63, 3.8) is 0 Å². The average Bonchev–Trinajstić information content (AvgIpc) is 2.84. The number of amides is 1. The number of rotatable bonds is 3. The summed E-state index contributed by atoms with van der Waals surface area (Å²) in [5, 5.41) is 9.37. The molecule has 0 radical (unpaired) electrons. The van der Waals surface area contributed by atoms with E-state index in [0.717, 1.165) is 24.2 Å². The van der Waals surface area contributed by atoms with Crippen molar-refractivity contribution in [3.8, 4) is 0 Å². The van der Waals surface area contributed by atoms with Gasteiger partial charge in [0.15, 0.2) is 0 Å². The molecule has 0 aromatic rings. The van der Waals surface area contributed by atoms with Gasteiger partial charge in [0.05, 0.1) is 12.6 Å². The quantitative estimate of drug-likeness (QED) is 0.803. The summed E-state index contributed by atoms with van der Waals surface area (Å²) in [6.45, 7) is 0.750. The number of nitrogens with zero attached hydrogens (tertiary/aromatic N) is 1. The van der Waals surface area contributed by atoms with Crippen molar-refractivity contribution in [3.05, 3.63) is 12.2 Å². The van der Waals surface area contributed by atoms with Gasteiger partial charge < -0.3 is 10.0 Å². The Kier molecular flexibility index (Phi) is 2.95. The van der Waals surface area contributed by atoms with Crippen molar-refractivity contribution in [2.75, 3.05) is 13.2 Å². The Labute approximate surface area is 121 Å². The van der Waals surface area contributed by atoms with Gasteiger partial charge in [-0.2, -0.15) is 0 Å². The summed E-state index contributed by atoms with van der Waals surface area (Å²) in [5.74, 6) is 2.98. The Morgan fingerprint density at radius 3 is 2.30 bits per heavy atom. The van der Waals surface area contributed by atoms with Crippen LogP contribution in [-0.4, -0.2) is 35.1 Å². The van der Waals surface area contributed by atoms with Crippen LogP contribution >= 0.6 is 0 Å². The summed E-state index contributed by atoms with van der Waals surface area (Å²) >= 11 is 0. The number of aliphatic hydroxyl groups excluding tert-OH is 1. The molecule has 4 aliphatic carbocycles. The van der Waals surface area contributed by atoms with Crippen molar-refractivity contribution < 1.29 is 9.90 Å². The predicted molar refractivity (Wildman–Crippen MR) is 76.9 cm³/mol. The third-order valence-corrected chi connectivity index (χ3v) is 6.26. The van der Waals surface area contributed by atoms with Crippen LogP contribution in [0.15, 0.2) is 12.2 Å². The minimum atomic E-state index is -0.0728. The maximum atomic E-state index is 12.7. The fourth-order valence-electron chi connectivity index (χ4n) is 5.95. The summed E-state index contributed by atoms with van der Waals surface area (Å²) in [7, 11) is 0. The lowest BCUT2D eigenvalue weighted by molar-refractivity contribution is -0.140. The largest absolute Gasteiger partial charge is 0.394 e. The second-order valence-corrected chi connectivity index (χ2v) is 7.82. The normalized spacial score (nSPS) is 45.4. The molecule has 0 aromatic carbocycles. The van der Waals surface area contributed by atoms with E-state index >= 15 is 0 Å². The first kappa shape index (κ1) is 12.9. The molecule has 0 saturated heterocycles. The van der Waals surface area contributed by atoms with Gasteiger partial charge >= 0.3 is 0 Å². The zero-order chi connectivity index (χ0) is 13.7. The molecule has 3 heteroatoms. The third-order valence-electron chi connectivity index (χ3n) is 6.26. The van der Waals surface area contributed by atoms with Gasteiger partial charge in [0, 0.05) is 13.0 Å². The summed E-state index contributed by atoms with van der Waals surface area (Å²) in [6, 6.07) is -0.0728. The van der Waals surface area contributed by atoms with Crippen LogP contribution in [-0.2, 0) is 4.79 Å². The van der Waals surface area contributed by atoms with E-state index in [1.54, 1.807) is 0 Å². The summed E-state index contributed by atoms with van der Waals surface area (Å²) in [5.41, 5.74) is 0.314. The minimum Gasteiger partial charge on any atom is -0.394 e. The lowest BCUT2D eigenvalue weighted by Crippen LogP contribution is -2.49. The highest BCUT2D eigenvalue weighted by molar-refractivity contribution is 5.78. The smallest absolute Gasteiger partial charge is 0.223 e. The molecule has 3 nitrogen and oxygen atoms in total. The van der Waals surface area contributed by atoms with Crippen LogP contribution in [0.2, 0.25) is 0 Å². The van der Waals surface area contributed by atoms with Crippen LogP contribution in [0.3, 0.4) is 0 Å². The van der Waals surface area contributed by atoms with Gasteiger partial charge in [-0.15, -0.1) is 0 Å². The Bertz CT molecular complexity index is 407. The fraction of sp³-hybridized carbons (Fsp3) is 0.824. The molecular formula is C17H25NO2. The van der Waals surface area contributed by atoms with Crippen molar-refractivity contribution in [1.29, 1.82) is 0 Å². The Hall–Kier alpha value is -0.830. The van der Waals surface area contributed by atoms with E-state index in [4.69, 9.17) is 0 Å². The van der Waals surface area contributed by atoms with E-state index < -0.39 is 0 Å². The van der Waals surface area contributed by atoms with Crippen molar-refractivity contribution in [2.45, 2.75) is 51.0 Å². The topological polar surface area (TPSA) is 40.5 Å². The van der Waals surface area contributed by atoms with Crippen LogP contribution in [0.1, 0.15) is 44.9 Å². The standard InChI is InChI=1S/C17H25NO2/c19-11-15-2-1-3-18(15)16(20)10-17-7-12-4-13(8-17)6-14(5-12)9-17/h1-2,12-15,19H,3-11H2/t12?,13?,14?,15-,17?/m0/s1. The van der Waals surface area contributed by atoms with E-state index in [1.165, 1.54) is 38.5 Å². The molecule has 110 valence electrons. The summed E-state index contributed by atoms with van der Waals surface area (Å²) in [4.78, 5) is 14.5. The van der Waals surface area contributed by atoms with Crippen LogP contribution in [0, 0.1) is 23.2 Å². The molecule has 20 heavy (non-hydrogen) atoms. The molecule has 4 bridgehead atoms. The van der Waals surface area contributed by atoms with Gasteiger partial charge in [-0.1, -0.05) is 12.2 Å². The van der Waals surface area contributed by atoms with Gasteiger partial charge in [0.2, 0.25) is 5.91 Å². The number of carbonyl (C=O) groups is 1. The SMILES string of the molecule is O=C(CC12CC3CC(CC(C3)C1)C2)N1CC=C[C@H]1CO. The summed E-state index contributed by atoms with van der Waals surface area (Å²) in [6.07, 6.45) is 12.9. The molecule has 0 unspecified atom stereocenters. The number of hydrogen-bond donors (Lipinski definition) is 1. The van der Waals surface area contributed by atoms with Crippen molar-refractivity contribution >= 4 is 5.91 Å². The first-order valence-corrected chi connectivity index (χ1v) is 8.24. The number of aliphatic hydroxyl groups is 1. The monoisotopic (exact) mass is 275 g/mol. The lowest BCUT2D eigenvalue weighted by atomic mass is 9.49. The van der Waals surface area contributed by atoms with E-state index in [9.17, 15) is 9.90 Å². The number of carbonyl (C=O) groups excluding carboxylic acids is 1. The van der Waals surface area contributed by atoms with Gasteiger partial charge in [0.1, 0.15) is 0 Å². The van der Waals surface area contributed by atoms with Crippen LogP contribution < -0.4 is 0 Å². The molecule has 1 heterocycles. The lowest BCUT2D eigenvalue weighted by Gasteiger charge is -2.57. The molecule has 1 N–H and O–H groups in total. The zero-order valence-electron chi connectivity index (χ0n) is 12.1. The van der Waals surface area contributed by atoms with Crippen molar-refractivity contribution in [2.24, 2.45) is 23.2 Å². The van der Waals surface area contributed by atoms with Crippen LogP contribution in [0.25, 0.3) is 0 Å². The van der Waals surface area contributed by atoms with E-state index in [1.807, 2.05) is 17.1 Å². The molecule has 4 saturated carbocycles. The average molecular weight is 275 g/mol. The van der Waals surface area contributed by atoms with Gasteiger partial charge in [-0.05, 0) is 61.7 Å². The molecular weight excluding hydrogens is 250 g/mol. The van der Waals surface area contributed by atoms with Gasteiger partial charge in [-0.25, -0.2) is 0 Å². The molecule has 0 spiro atoms.